The summed E-state index contributed by atoms with van der Waals surface area (Å²) < 4.78 is 1.24. The maximum atomic E-state index is 12.6. The largest absolute Gasteiger partial charge is 0.304 e. The number of benzene rings is 1. The van der Waals surface area contributed by atoms with E-state index >= 15 is 0 Å². The lowest BCUT2D eigenvalue weighted by molar-refractivity contribution is 0.0935. The van der Waals surface area contributed by atoms with Crippen molar-refractivity contribution in [1.82, 2.24) is 25.6 Å². The zero-order chi connectivity index (χ0) is 19.4. The van der Waals surface area contributed by atoms with Crippen LogP contribution in [0.25, 0.3) is 16.3 Å². The molecule has 136 valence electrons. The average Bonchev–Trinajstić information content (AvgIpc) is 3.11. The van der Waals surface area contributed by atoms with Gasteiger partial charge in [-0.1, -0.05) is 18.2 Å². The molecular formula is C18H16N6O2S. The first-order valence-electron chi connectivity index (χ1n) is 8.13. The number of nitrogens with zero attached hydrogens (tertiary/aromatic N) is 4. The van der Waals surface area contributed by atoms with Crippen LogP contribution in [0.3, 0.4) is 0 Å². The van der Waals surface area contributed by atoms with Gasteiger partial charge in [0, 0.05) is 29.2 Å². The monoisotopic (exact) mass is 380 g/mol. The summed E-state index contributed by atoms with van der Waals surface area (Å²) in [6, 6.07) is 8.85. The van der Waals surface area contributed by atoms with Gasteiger partial charge in [-0.25, -0.2) is 9.67 Å². The summed E-state index contributed by atoms with van der Waals surface area (Å²) in [6.45, 7) is 3.96. The first-order chi connectivity index (χ1) is 13.0. The fourth-order valence-electron chi connectivity index (χ4n) is 2.47. The van der Waals surface area contributed by atoms with Crippen molar-refractivity contribution in [3.8, 4) is 6.07 Å². The first kappa shape index (κ1) is 18.3. The Morgan fingerprint density at radius 3 is 2.74 bits per heavy atom. The van der Waals surface area contributed by atoms with Crippen LogP contribution in [0.5, 0.6) is 0 Å². The van der Waals surface area contributed by atoms with Gasteiger partial charge in [-0.3, -0.25) is 15.0 Å². The van der Waals surface area contributed by atoms with E-state index in [4.69, 9.17) is 0 Å². The number of allylic oxidation sites excluding steroid dienone is 1. The fraction of sp³-hybridized carbons (Fsp3) is 0.167. The highest BCUT2D eigenvalue weighted by Crippen LogP contribution is 2.17. The van der Waals surface area contributed by atoms with Crippen LogP contribution in [0.4, 0.5) is 0 Å². The molecule has 1 aromatic carbocycles. The molecule has 0 atom stereocenters. The summed E-state index contributed by atoms with van der Waals surface area (Å²) in [4.78, 5) is 29.1. The second-order valence-corrected chi connectivity index (χ2v) is 6.44. The minimum Gasteiger partial charge on any atom is -0.304 e. The number of hydrogen-bond acceptors (Lipinski definition) is 7. The molecule has 0 radical (unpaired) electrons. The zero-order valence-corrected chi connectivity index (χ0v) is 15.5. The number of nitriles is 1. The summed E-state index contributed by atoms with van der Waals surface area (Å²) in [5.41, 5.74) is 6.09. The van der Waals surface area contributed by atoms with Gasteiger partial charge in [0.25, 0.3) is 11.5 Å². The number of aryl methyl sites for hydroxylation is 2. The number of thiazole rings is 1. The molecule has 1 amide bonds. The molecule has 0 bridgehead atoms. The third kappa shape index (κ3) is 3.70. The highest BCUT2D eigenvalue weighted by molar-refractivity contribution is 7.10. The predicted octanol–water partition coefficient (Wildman–Crippen LogP) is 1.98. The molecule has 2 heterocycles. The van der Waals surface area contributed by atoms with Crippen LogP contribution >= 0.6 is 11.3 Å². The SMILES string of the molecule is CCn1nc(C(=O)NN/C=C(\C#N)c2nc(C)cs2)c2ccccc2c1=O. The number of nitrogens with one attached hydrogen (secondary N) is 2. The molecule has 0 aliphatic carbocycles. The Labute approximate surface area is 158 Å². The highest BCUT2D eigenvalue weighted by Gasteiger charge is 2.16. The predicted molar refractivity (Wildman–Crippen MR) is 103 cm³/mol. The van der Waals surface area contributed by atoms with Crippen molar-refractivity contribution in [3.63, 3.8) is 0 Å². The van der Waals surface area contributed by atoms with Crippen molar-refractivity contribution in [1.29, 1.82) is 5.26 Å². The summed E-state index contributed by atoms with van der Waals surface area (Å²) in [5, 5.41) is 16.7. The molecule has 0 spiro atoms. The number of carbonyl (C=O) groups is 1. The van der Waals surface area contributed by atoms with E-state index in [1.165, 1.54) is 22.2 Å². The Hall–Kier alpha value is -3.51. The number of aromatic nitrogens is 3. The molecule has 27 heavy (non-hydrogen) atoms. The molecule has 0 aliphatic rings. The Morgan fingerprint density at radius 2 is 2.11 bits per heavy atom. The Bertz CT molecular complexity index is 1140. The molecule has 0 saturated heterocycles. The van der Waals surface area contributed by atoms with E-state index in [-0.39, 0.29) is 11.3 Å². The molecular weight excluding hydrogens is 364 g/mol. The van der Waals surface area contributed by atoms with E-state index < -0.39 is 5.91 Å². The standard InChI is InChI=1S/C18H16N6O2S/c1-3-24-18(26)14-7-5-4-6-13(14)15(23-24)16(25)22-20-9-12(8-19)17-21-11(2)10-27-17/h4-7,9-10,20H,3H2,1-2H3,(H,22,25)/b12-9+. The molecule has 0 aliphatic heterocycles. The maximum absolute atomic E-state index is 12.6. The van der Waals surface area contributed by atoms with Crippen LogP contribution < -0.4 is 16.4 Å². The Kier molecular flexibility index (Phi) is 5.28. The van der Waals surface area contributed by atoms with Crippen LogP contribution in [0.2, 0.25) is 0 Å². The van der Waals surface area contributed by atoms with Crippen molar-refractivity contribution in [2.75, 3.05) is 0 Å². The van der Waals surface area contributed by atoms with Gasteiger partial charge < -0.3 is 5.43 Å². The minimum atomic E-state index is -0.516. The van der Waals surface area contributed by atoms with Crippen molar-refractivity contribution >= 4 is 33.6 Å². The molecule has 3 aromatic rings. The van der Waals surface area contributed by atoms with Gasteiger partial charge in [-0.05, 0) is 19.9 Å². The second-order valence-electron chi connectivity index (χ2n) is 5.58. The van der Waals surface area contributed by atoms with E-state index in [9.17, 15) is 14.9 Å². The number of hydrazine groups is 1. The molecule has 8 nitrogen and oxygen atoms in total. The van der Waals surface area contributed by atoms with E-state index in [2.05, 4.69) is 20.9 Å². The van der Waals surface area contributed by atoms with Crippen LogP contribution in [-0.2, 0) is 6.54 Å². The summed E-state index contributed by atoms with van der Waals surface area (Å²) in [5.74, 6) is -0.516. The normalized spacial score (nSPS) is 11.2. The van der Waals surface area contributed by atoms with Gasteiger partial charge in [-0.15, -0.1) is 11.3 Å². The van der Waals surface area contributed by atoms with Crippen molar-refractivity contribution in [2.24, 2.45) is 0 Å². The van der Waals surface area contributed by atoms with Crippen molar-refractivity contribution in [2.45, 2.75) is 20.4 Å². The molecule has 2 aromatic heterocycles. The molecule has 0 saturated carbocycles. The smallest absolute Gasteiger partial charge is 0.290 e. The minimum absolute atomic E-state index is 0.122. The van der Waals surface area contributed by atoms with Gasteiger partial charge in [0.2, 0.25) is 0 Å². The lowest BCUT2D eigenvalue weighted by Gasteiger charge is -2.10. The van der Waals surface area contributed by atoms with Gasteiger partial charge in [0.1, 0.15) is 16.6 Å². The third-order valence-corrected chi connectivity index (χ3v) is 4.75. The van der Waals surface area contributed by atoms with Gasteiger partial charge in [0.15, 0.2) is 5.69 Å². The quantitative estimate of drug-likeness (QED) is 0.517. The van der Waals surface area contributed by atoms with Gasteiger partial charge in [-0.2, -0.15) is 10.4 Å². The van der Waals surface area contributed by atoms with E-state index in [1.807, 2.05) is 18.4 Å². The van der Waals surface area contributed by atoms with E-state index in [0.29, 0.717) is 27.9 Å². The molecule has 3 rings (SSSR count). The topological polar surface area (TPSA) is 113 Å². The van der Waals surface area contributed by atoms with Crippen molar-refractivity contribution < 1.29 is 4.79 Å². The zero-order valence-electron chi connectivity index (χ0n) is 14.7. The average molecular weight is 380 g/mol. The van der Waals surface area contributed by atoms with Crippen molar-refractivity contribution in [3.05, 3.63) is 62.6 Å². The fourth-order valence-corrected chi connectivity index (χ4v) is 3.23. The Morgan fingerprint density at radius 1 is 1.37 bits per heavy atom. The highest BCUT2D eigenvalue weighted by atomic mass is 32.1. The number of fused-ring (bicyclic) bond motifs is 1. The van der Waals surface area contributed by atoms with Crippen LogP contribution in [-0.4, -0.2) is 20.7 Å². The first-order valence-corrected chi connectivity index (χ1v) is 9.01. The molecule has 0 fully saturated rings. The summed E-state index contributed by atoms with van der Waals surface area (Å²) in [7, 11) is 0. The summed E-state index contributed by atoms with van der Waals surface area (Å²) >= 11 is 1.34. The second kappa shape index (κ2) is 7.80. The van der Waals surface area contributed by atoms with E-state index in [0.717, 1.165) is 5.69 Å². The number of hydrogen-bond donors (Lipinski definition) is 2. The molecule has 0 unspecified atom stereocenters. The molecule has 2 N–H and O–H groups in total. The lowest BCUT2D eigenvalue weighted by Crippen LogP contribution is -2.36. The number of amides is 1. The van der Waals surface area contributed by atoms with Gasteiger partial charge >= 0.3 is 0 Å². The number of rotatable bonds is 5. The third-order valence-electron chi connectivity index (χ3n) is 3.75. The summed E-state index contributed by atoms with van der Waals surface area (Å²) in [6.07, 6.45) is 1.37. The van der Waals surface area contributed by atoms with Gasteiger partial charge in [0.05, 0.1) is 5.39 Å². The lowest BCUT2D eigenvalue weighted by atomic mass is 10.1. The Balaban J connectivity index is 1.87. The maximum Gasteiger partial charge on any atom is 0.290 e. The van der Waals surface area contributed by atoms with Crippen LogP contribution in [0.1, 0.15) is 28.1 Å². The van der Waals surface area contributed by atoms with Crippen LogP contribution in [0, 0.1) is 18.3 Å². The van der Waals surface area contributed by atoms with Crippen LogP contribution in [0.15, 0.2) is 40.6 Å². The molecule has 9 heteroatoms. The number of carbonyl (C=O) groups excluding carboxylic acids is 1. The van der Waals surface area contributed by atoms with E-state index in [1.54, 1.807) is 31.2 Å².